The first-order valence-corrected chi connectivity index (χ1v) is 12.0. The van der Waals surface area contributed by atoms with Crippen molar-refractivity contribution in [1.82, 2.24) is 9.97 Å². The van der Waals surface area contributed by atoms with Crippen molar-refractivity contribution < 1.29 is 12.6 Å². The Labute approximate surface area is 191 Å². The van der Waals surface area contributed by atoms with Gasteiger partial charge in [-0.25, -0.2) is 9.97 Å². The van der Waals surface area contributed by atoms with Gasteiger partial charge in [0.1, 0.15) is 24.0 Å². The van der Waals surface area contributed by atoms with Crippen molar-refractivity contribution in [2.24, 2.45) is 10.7 Å². The maximum atomic E-state index is 11.4. The van der Waals surface area contributed by atoms with E-state index < -0.39 is 10.1 Å². The van der Waals surface area contributed by atoms with Crippen molar-refractivity contribution in [1.29, 1.82) is 0 Å². The molecule has 33 heavy (non-hydrogen) atoms. The Morgan fingerprint density at radius 1 is 0.879 bits per heavy atom. The Hall–Kier alpha value is -4.04. The Morgan fingerprint density at radius 2 is 1.61 bits per heavy atom. The summed E-state index contributed by atoms with van der Waals surface area (Å²) in [6.07, 6.45) is 6.08. The molecule has 1 aromatic heterocycles. The van der Waals surface area contributed by atoms with Gasteiger partial charge in [0.2, 0.25) is 0 Å². The van der Waals surface area contributed by atoms with E-state index in [2.05, 4.69) is 16.0 Å². The average molecular weight is 457 g/mol. The molecule has 7 nitrogen and oxygen atoms in total. The molecule has 1 aliphatic heterocycles. The van der Waals surface area contributed by atoms with Crippen molar-refractivity contribution in [3.8, 4) is 28.0 Å². The normalized spacial score (nSPS) is 15.1. The monoisotopic (exact) mass is 456 g/mol. The van der Waals surface area contributed by atoms with Gasteiger partial charge in [0.15, 0.2) is 0 Å². The third kappa shape index (κ3) is 4.20. The van der Waals surface area contributed by atoms with E-state index in [-0.39, 0.29) is 11.8 Å². The van der Waals surface area contributed by atoms with Gasteiger partial charge in [-0.1, -0.05) is 48.5 Å². The summed E-state index contributed by atoms with van der Waals surface area (Å²) in [4.78, 5) is 13.0. The first kappa shape index (κ1) is 20.8. The summed E-state index contributed by atoms with van der Waals surface area (Å²) in [6.45, 7) is 0. The number of fused-ring (bicyclic) bond motifs is 1. The van der Waals surface area contributed by atoms with Gasteiger partial charge in [0.05, 0.1) is 6.26 Å². The number of amidine groups is 1. The van der Waals surface area contributed by atoms with E-state index in [4.69, 9.17) is 14.9 Å². The summed E-state index contributed by atoms with van der Waals surface area (Å²) in [6, 6.07) is 20.8. The number of aliphatic imine (C=N–C) groups is 1. The Kier molecular flexibility index (Phi) is 5.14. The SMILES string of the molecule is CS(=O)(=O)Oc1ccc(-c2cccc3c2C(N)=NC3c2cccc(-c3cncnc3)c2)cc1. The number of rotatable bonds is 5. The molecule has 0 aliphatic carbocycles. The Balaban J connectivity index is 1.52. The van der Waals surface area contributed by atoms with Crippen molar-refractivity contribution in [3.05, 3.63) is 102 Å². The standard InChI is InChI=1S/C25H20N4O3S/c1-33(30,31)32-20-10-8-16(9-11-20)21-6-3-7-22-23(21)25(26)29-24(22)18-5-2-4-17(12-18)19-13-27-15-28-14-19/h2-15,24H,1H3,(H2,26,29). The predicted molar refractivity (Wildman–Crippen MR) is 127 cm³/mol. The molecule has 0 bridgehead atoms. The minimum atomic E-state index is -3.58. The second-order valence-corrected chi connectivity index (χ2v) is 9.33. The third-order valence-corrected chi connectivity index (χ3v) is 5.92. The Bertz CT molecular complexity index is 1470. The zero-order valence-electron chi connectivity index (χ0n) is 17.7. The zero-order chi connectivity index (χ0) is 23.0. The minimum absolute atomic E-state index is 0.225. The molecule has 1 aliphatic rings. The lowest BCUT2D eigenvalue weighted by molar-refractivity contribution is 0.493. The molecule has 0 radical (unpaired) electrons. The van der Waals surface area contributed by atoms with E-state index in [1.165, 1.54) is 6.33 Å². The smallest absolute Gasteiger partial charge is 0.306 e. The van der Waals surface area contributed by atoms with Crippen LogP contribution in [0.5, 0.6) is 5.75 Å². The summed E-state index contributed by atoms with van der Waals surface area (Å²) >= 11 is 0. The maximum absolute atomic E-state index is 11.4. The molecule has 4 aromatic rings. The molecular weight excluding hydrogens is 436 g/mol. The molecular formula is C25H20N4O3S. The molecule has 1 unspecified atom stereocenters. The largest absolute Gasteiger partial charge is 0.383 e. The fourth-order valence-corrected chi connectivity index (χ4v) is 4.51. The summed E-state index contributed by atoms with van der Waals surface area (Å²) < 4.78 is 27.7. The summed E-state index contributed by atoms with van der Waals surface area (Å²) in [5.41, 5.74) is 13.1. The highest BCUT2D eigenvalue weighted by Crippen LogP contribution is 2.40. The first-order chi connectivity index (χ1) is 15.9. The highest BCUT2D eigenvalue weighted by Gasteiger charge is 2.27. The molecule has 5 rings (SSSR count). The quantitative estimate of drug-likeness (QED) is 0.456. The highest BCUT2D eigenvalue weighted by molar-refractivity contribution is 7.86. The maximum Gasteiger partial charge on any atom is 0.306 e. The molecule has 8 heteroatoms. The Morgan fingerprint density at radius 3 is 2.33 bits per heavy atom. The lowest BCUT2D eigenvalue weighted by Crippen LogP contribution is -2.12. The molecule has 2 N–H and O–H groups in total. The van der Waals surface area contributed by atoms with E-state index in [0.717, 1.165) is 45.2 Å². The third-order valence-electron chi connectivity index (χ3n) is 5.42. The van der Waals surface area contributed by atoms with Crippen LogP contribution >= 0.6 is 0 Å². The van der Waals surface area contributed by atoms with Crippen molar-refractivity contribution in [2.45, 2.75) is 6.04 Å². The molecule has 0 spiro atoms. The zero-order valence-corrected chi connectivity index (χ0v) is 18.5. The van der Waals surface area contributed by atoms with Gasteiger partial charge < -0.3 is 9.92 Å². The highest BCUT2D eigenvalue weighted by atomic mass is 32.2. The van der Waals surface area contributed by atoms with Crippen LogP contribution < -0.4 is 9.92 Å². The summed E-state index contributed by atoms with van der Waals surface area (Å²) in [7, 11) is -3.58. The lowest BCUT2D eigenvalue weighted by atomic mass is 9.90. The number of aromatic nitrogens is 2. The van der Waals surface area contributed by atoms with Crippen LogP contribution in [0.3, 0.4) is 0 Å². The molecule has 2 heterocycles. The van der Waals surface area contributed by atoms with Gasteiger partial charge in [0, 0.05) is 23.5 Å². The van der Waals surface area contributed by atoms with Crippen LogP contribution in [0.4, 0.5) is 0 Å². The second kappa shape index (κ2) is 8.14. The van der Waals surface area contributed by atoms with Crippen LogP contribution in [0.1, 0.15) is 22.7 Å². The molecule has 3 aromatic carbocycles. The van der Waals surface area contributed by atoms with Crippen molar-refractivity contribution in [3.63, 3.8) is 0 Å². The van der Waals surface area contributed by atoms with Gasteiger partial charge >= 0.3 is 10.1 Å². The number of benzene rings is 3. The van der Waals surface area contributed by atoms with Gasteiger partial charge in [-0.05, 0) is 46.0 Å². The predicted octanol–water partition coefficient (Wildman–Crippen LogP) is 3.96. The lowest BCUT2D eigenvalue weighted by Gasteiger charge is -2.14. The van der Waals surface area contributed by atoms with Gasteiger partial charge in [0.25, 0.3) is 0 Å². The molecule has 1 atom stereocenters. The van der Waals surface area contributed by atoms with Gasteiger partial charge in [-0.2, -0.15) is 8.42 Å². The van der Waals surface area contributed by atoms with E-state index in [1.54, 1.807) is 24.5 Å². The van der Waals surface area contributed by atoms with E-state index in [9.17, 15) is 8.42 Å². The number of hydrogen-bond acceptors (Lipinski definition) is 7. The van der Waals surface area contributed by atoms with Crippen LogP contribution in [0.2, 0.25) is 0 Å². The fourth-order valence-electron chi connectivity index (χ4n) is 4.05. The molecule has 0 saturated heterocycles. The van der Waals surface area contributed by atoms with Crippen LogP contribution in [0.25, 0.3) is 22.3 Å². The molecule has 0 amide bonds. The van der Waals surface area contributed by atoms with E-state index >= 15 is 0 Å². The van der Waals surface area contributed by atoms with Crippen LogP contribution in [0, 0.1) is 0 Å². The average Bonchev–Trinajstić information content (AvgIpc) is 3.16. The van der Waals surface area contributed by atoms with E-state index in [0.29, 0.717) is 5.84 Å². The second-order valence-electron chi connectivity index (χ2n) is 7.75. The topological polar surface area (TPSA) is 108 Å². The number of nitrogens with zero attached hydrogens (tertiary/aromatic N) is 3. The summed E-state index contributed by atoms with van der Waals surface area (Å²) in [5, 5.41) is 0. The van der Waals surface area contributed by atoms with E-state index in [1.807, 2.05) is 48.5 Å². The number of nitrogens with two attached hydrogens (primary N) is 1. The van der Waals surface area contributed by atoms with Gasteiger partial charge in [-0.15, -0.1) is 0 Å². The molecule has 0 saturated carbocycles. The van der Waals surface area contributed by atoms with Crippen molar-refractivity contribution >= 4 is 16.0 Å². The summed E-state index contributed by atoms with van der Waals surface area (Å²) in [5.74, 6) is 0.727. The fraction of sp³-hybridized carbons (Fsp3) is 0.0800. The van der Waals surface area contributed by atoms with Crippen LogP contribution in [0.15, 0.2) is 90.4 Å². The molecule has 164 valence electrons. The van der Waals surface area contributed by atoms with Crippen LogP contribution in [-0.4, -0.2) is 30.5 Å². The molecule has 0 fully saturated rings. The van der Waals surface area contributed by atoms with Gasteiger partial charge in [-0.3, -0.25) is 4.99 Å². The first-order valence-electron chi connectivity index (χ1n) is 10.2. The van der Waals surface area contributed by atoms with Crippen LogP contribution in [-0.2, 0) is 10.1 Å². The minimum Gasteiger partial charge on any atom is -0.383 e. The van der Waals surface area contributed by atoms with Crippen molar-refractivity contribution in [2.75, 3.05) is 6.26 Å². The number of hydrogen-bond donors (Lipinski definition) is 1.